The van der Waals surface area contributed by atoms with E-state index in [9.17, 15) is 9.18 Å². The summed E-state index contributed by atoms with van der Waals surface area (Å²) >= 11 is 6.19. The van der Waals surface area contributed by atoms with Crippen molar-refractivity contribution in [3.8, 4) is 0 Å². The van der Waals surface area contributed by atoms with Gasteiger partial charge in [0, 0.05) is 30.3 Å². The lowest BCUT2D eigenvalue weighted by atomic mass is 10.1. The minimum absolute atomic E-state index is 0.0586. The first kappa shape index (κ1) is 16.9. The van der Waals surface area contributed by atoms with Crippen molar-refractivity contribution in [3.05, 3.63) is 64.4 Å². The molecule has 1 aliphatic rings. The fourth-order valence-electron chi connectivity index (χ4n) is 2.96. The molecular weight excluding hydrogens is 327 g/mol. The van der Waals surface area contributed by atoms with E-state index in [2.05, 4.69) is 4.90 Å². The molecule has 5 heteroatoms. The first-order valence-electron chi connectivity index (χ1n) is 8.02. The standard InChI is InChI=1S/C19H20ClFN2O/c1-13-3-8-17(11-18(13)20)23-10-9-22(14(2)19(23)24)12-15-4-6-16(21)7-5-15/h3-8,11,14H,9-10,12H2,1-2H3/t14-/m0/s1. The summed E-state index contributed by atoms with van der Waals surface area (Å²) in [6, 6.07) is 11.9. The number of anilines is 1. The van der Waals surface area contributed by atoms with E-state index in [1.54, 1.807) is 17.0 Å². The number of carbonyl (C=O) groups excluding carboxylic acids is 1. The zero-order valence-corrected chi connectivity index (χ0v) is 14.6. The van der Waals surface area contributed by atoms with Gasteiger partial charge in [-0.05, 0) is 49.2 Å². The SMILES string of the molecule is Cc1ccc(N2CCN(Cc3ccc(F)cc3)[C@@H](C)C2=O)cc1Cl. The number of nitrogens with zero attached hydrogens (tertiary/aromatic N) is 2. The zero-order valence-electron chi connectivity index (χ0n) is 13.8. The number of hydrogen-bond donors (Lipinski definition) is 0. The highest BCUT2D eigenvalue weighted by Gasteiger charge is 2.32. The molecule has 1 saturated heterocycles. The largest absolute Gasteiger partial charge is 0.310 e. The molecule has 2 aromatic rings. The summed E-state index contributed by atoms with van der Waals surface area (Å²) in [5, 5.41) is 0.668. The molecular formula is C19H20ClFN2O. The fourth-order valence-corrected chi connectivity index (χ4v) is 3.14. The van der Waals surface area contributed by atoms with E-state index in [1.165, 1.54) is 12.1 Å². The molecule has 126 valence electrons. The Labute approximate surface area is 146 Å². The van der Waals surface area contributed by atoms with Gasteiger partial charge in [-0.2, -0.15) is 0 Å². The Balaban J connectivity index is 1.73. The average molecular weight is 347 g/mol. The number of amides is 1. The third-order valence-corrected chi connectivity index (χ3v) is 4.96. The number of rotatable bonds is 3. The normalized spacial score (nSPS) is 18.9. The first-order chi connectivity index (χ1) is 11.5. The van der Waals surface area contributed by atoms with Crippen molar-refractivity contribution in [3.63, 3.8) is 0 Å². The summed E-state index contributed by atoms with van der Waals surface area (Å²) in [4.78, 5) is 16.7. The predicted molar refractivity (Wildman–Crippen MR) is 94.8 cm³/mol. The topological polar surface area (TPSA) is 23.6 Å². The number of aryl methyl sites for hydroxylation is 1. The molecule has 0 aliphatic carbocycles. The number of benzene rings is 2. The van der Waals surface area contributed by atoms with Crippen LogP contribution in [-0.2, 0) is 11.3 Å². The molecule has 0 spiro atoms. The summed E-state index contributed by atoms with van der Waals surface area (Å²) in [6.07, 6.45) is 0. The van der Waals surface area contributed by atoms with Crippen LogP contribution in [0.5, 0.6) is 0 Å². The molecule has 24 heavy (non-hydrogen) atoms. The number of piperazine rings is 1. The highest BCUT2D eigenvalue weighted by atomic mass is 35.5. The Morgan fingerprint density at radius 3 is 2.54 bits per heavy atom. The Hall–Kier alpha value is -1.91. The molecule has 1 atom stereocenters. The quantitative estimate of drug-likeness (QED) is 0.838. The van der Waals surface area contributed by atoms with Gasteiger partial charge in [-0.25, -0.2) is 4.39 Å². The van der Waals surface area contributed by atoms with Crippen LogP contribution in [0.1, 0.15) is 18.1 Å². The van der Waals surface area contributed by atoms with Crippen LogP contribution in [0.25, 0.3) is 0 Å². The van der Waals surface area contributed by atoms with Crippen LogP contribution < -0.4 is 4.90 Å². The molecule has 1 heterocycles. The number of hydrogen-bond acceptors (Lipinski definition) is 2. The maximum atomic E-state index is 13.0. The maximum absolute atomic E-state index is 13.0. The van der Waals surface area contributed by atoms with Crippen LogP contribution in [0.3, 0.4) is 0 Å². The summed E-state index contributed by atoms with van der Waals surface area (Å²) < 4.78 is 13.0. The molecule has 1 aliphatic heterocycles. The van der Waals surface area contributed by atoms with Gasteiger partial charge in [-0.1, -0.05) is 29.8 Å². The summed E-state index contributed by atoms with van der Waals surface area (Å²) in [5.74, 6) is -0.188. The minimum atomic E-state index is -0.246. The van der Waals surface area contributed by atoms with E-state index in [0.717, 1.165) is 23.4 Å². The third-order valence-electron chi connectivity index (χ3n) is 4.55. The van der Waals surface area contributed by atoms with E-state index in [4.69, 9.17) is 11.6 Å². The Morgan fingerprint density at radius 1 is 1.17 bits per heavy atom. The van der Waals surface area contributed by atoms with Crippen molar-refractivity contribution >= 4 is 23.2 Å². The van der Waals surface area contributed by atoms with Gasteiger partial charge in [0.15, 0.2) is 0 Å². The van der Waals surface area contributed by atoms with E-state index in [0.29, 0.717) is 18.1 Å². The lowest BCUT2D eigenvalue weighted by molar-refractivity contribution is -0.125. The average Bonchev–Trinajstić information content (AvgIpc) is 2.57. The lowest BCUT2D eigenvalue weighted by Crippen LogP contribution is -2.55. The van der Waals surface area contributed by atoms with E-state index in [1.807, 2.05) is 32.0 Å². The van der Waals surface area contributed by atoms with Crippen LogP contribution >= 0.6 is 11.6 Å². The molecule has 1 amide bonds. The van der Waals surface area contributed by atoms with Gasteiger partial charge in [0.2, 0.25) is 5.91 Å². The fraction of sp³-hybridized carbons (Fsp3) is 0.316. The smallest absolute Gasteiger partial charge is 0.244 e. The van der Waals surface area contributed by atoms with Crippen molar-refractivity contribution in [1.82, 2.24) is 4.90 Å². The molecule has 0 bridgehead atoms. The molecule has 3 nitrogen and oxygen atoms in total. The molecule has 1 fully saturated rings. The second kappa shape index (κ2) is 6.91. The molecule has 0 radical (unpaired) electrons. The molecule has 3 rings (SSSR count). The predicted octanol–water partition coefficient (Wildman–Crippen LogP) is 4.02. The molecule has 0 aromatic heterocycles. The van der Waals surface area contributed by atoms with Gasteiger partial charge < -0.3 is 4.90 Å². The van der Waals surface area contributed by atoms with E-state index < -0.39 is 0 Å². The van der Waals surface area contributed by atoms with Crippen LogP contribution in [0.4, 0.5) is 10.1 Å². The summed E-state index contributed by atoms with van der Waals surface area (Å²) in [7, 11) is 0. The van der Waals surface area contributed by atoms with Crippen molar-refractivity contribution in [1.29, 1.82) is 0 Å². The van der Waals surface area contributed by atoms with Gasteiger partial charge in [0.25, 0.3) is 0 Å². The molecule has 0 saturated carbocycles. The molecule has 2 aromatic carbocycles. The zero-order chi connectivity index (χ0) is 17.3. The summed E-state index contributed by atoms with van der Waals surface area (Å²) in [5.41, 5.74) is 2.84. The highest BCUT2D eigenvalue weighted by Crippen LogP contribution is 2.26. The Bertz CT molecular complexity index is 748. The Morgan fingerprint density at radius 2 is 1.88 bits per heavy atom. The second-order valence-electron chi connectivity index (χ2n) is 6.20. The van der Waals surface area contributed by atoms with Crippen LogP contribution in [0, 0.1) is 12.7 Å². The van der Waals surface area contributed by atoms with Gasteiger partial charge in [-0.15, -0.1) is 0 Å². The van der Waals surface area contributed by atoms with E-state index >= 15 is 0 Å². The minimum Gasteiger partial charge on any atom is -0.310 e. The lowest BCUT2D eigenvalue weighted by Gasteiger charge is -2.39. The number of halogens is 2. The van der Waals surface area contributed by atoms with Crippen LogP contribution in [-0.4, -0.2) is 29.9 Å². The van der Waals surface area contributed by atoms with Gasteiger partial charge in [0.1, 0.15) is 5.82 Å². The van der Waals surface area contributed by atoms with Crippen molar-refractivity contribution in [2.75, 3.05) is 18.0 Å². The third kappa shape index (κ3) is 3.45. The maximum Gasteiger partial charge on any atom is 0.244 e. The van der Waals surface area contributed by atoms with Gasteiger partial charge in [0.05, 0.1) is 6.04 Å². The van der Waals surface area contributed by atoms with Crippen molar-refractivity contribution in [2.24, 2.45) is 0 Å². The van der Waals surface area contributed by atoms with Crippen molar-refractivity contribution < 1.29 is 9.18 Å². The van der Waals surface area contributed by atoms with Gasteiger partial charge in [-0.3, -0.25) is 9.69 Å². The van der Waals surface area contributed by atoms with Gasteiger partial charge >= 0.3 is 0 Å². The Kier molecular flexibility index (Phi) is 4.88. The number of carbonyl (C=O) groups is 1. The molecule has 0 N–H and O–H groups in total. The van der Waals surface area contributed by atoms with Crippen LogP contribution in [0.2, 0.25) is 5.02 Å². The molecule has 0 unspecified atom stereocenters. The first-order valence-corrected chi connectivity index (χ1v) is 8.39. The van der Waals surface area contributed by atoms with E-state index in [-0.39, 0.29) is 17.8 Å². The second-order valence-corrected chi connectivity index (χ2v) is 6.60. The summed E-state index contributed by atoms with van der Waals surface area (Å²) in [6.45, 7) is 5.86. The monoisotopic (exact) mass is 346 g/mol. The highest BCUT2D eigenvalue weighted by molar-refractivity contribution is 6.31. The van der Waals surface area contributed by atoms with Crippen LogP contribution in [0.15, 0.2) is 42.5 Å². The van der Waals surface area contributed by atoms with Crippen molar-refractivity contribution in [2.45, 2.75) is 26.4 Å².